The Morgan fingerprint density at radius 1 is 1.00 bits per heavy atom. The van der Waals surface area contributed by atoms with Crippen molar-refractivity contribution in [2.75, 3.05) is 36.2 Å². The highest BCUT2D eigenvalue weighted by atomic mass is 16.6. The minimum absolute atomic E-state index is 0.0211. The Hall–Kier alpha value is -3.81. The van der Waals surface area contributed by atoms with E-state index < -0.39 is 11.6 Å². The van der Waals surface area contributed by atoms with Gasteiger partial charge in [-0.15, -0.1) is 0 Å². The molecule has 0 saturated carbocycles. The van der Waals surface area contributed by atoms with Gasteiger partial charge in [0.05, 0.1) is 6.54 Å². The summed E-state index contributed by atoms with van der Waals surface area (Å²) < 4.78 is 7.33. The van der Waals surface area contributed by atoms with Crippen molar-refractivity contribution in [2.45, 2.75) is 26.4 Å². The number of aromatic nitrogens is 2. The van der Waals surface area contributed by atoms with Gasteiger partial charge in [0.2, 0.25) is 11.9 Å². The number of amides is 1. The first-order chi connectivity index (χ1) is 15.2. The predicted molar refractivity (Wildman–Crippen MR) is 127 cm³/mol. The largest absolute Gasteiger partial charge is 0.455 e. The molecule has 0 fully saturated rings. The SMILES string of the molecule is CN(C)c1nc(NC(=O)CNc2ccccc2)c(C(=O)OC(C)(C)C)n1-c1ccccc1. The van der Waals surface area contributed by atoms with Gasteiger partial charge in [0, 0.05) is 25.5 Å². The van der Waals surface area contributed by atoms with Crippen molar-refractivity contribution in [1.82, 2.24) is 9.55 Å². The smallest absolute Gasteiger partial charge is 0.359 e. The molecule has 32 heavy (non-hydrogen) atoms. The average Bonchev–Trinajstić information content (AvgIpc) is 3.12. The van der Waals surface area contributed by atoms with Crippen LogP contribution in [0.3, 0.4) is 0 Å². The third kappa shape index (κ3) is 5.66. The highest BCUT2D eigenvalue weighted by Crippen LogP contribution is 2.29. The number of rotatable bonds is 7. The Balaban J connectivity index is 1.98. The minimum atomic E-state index is -0.711. The van der Waals surface area contributed by atoms with Crippen LogP contribution in [0.25, 0.3) is 5.69 Å². The topological polar surface area (TPSA) is 88.5 Å². The lowest BCUT2D eigenvalue weighted by Gasteiger charge is -2.21. The van der Waals surface area contributed by atoms with Crippen molar-refractivity contribution < 1.29 is 14.3 Å². The number of anilines is 3. The summed E-state index contributed by atoms with van der Waals surface area (Å²) in [4.78, 5) is 32.2. The number of carbonyl (C=O) groups is 2. The summed E-state index contributed by atoms with van der Waals surface area (Å²) in [5, 5.41) is 5.83. The number of nitrogens with zero attached hydrogens (tertiary/aromatic N) is 3. The summed E-state index contributed by atoms with van der Waals surface area (Å²) in [6, 6.07) is 18.8. The monoisotopic (exact) mass is 435 g/mol. The molecule has 0 spiro atoms. The summed E-state index contributed by atoms with van der Waals surface area (Å²) in [6.45, 7) is 5.41. The van der Waals surface area contributed by atoms with E-state index in [0.717, 1.165) is 11.4 Å². The van der Waals surface area contributed by atoms with Crippen LogP contribution in [0.15, 0.2) is 60.7 Å². The van der Waals surface area contributed by atoms with E-state index in [2.05, 4.69) is 15.6 Å². The van der Waals surface area contributed by atoms with Gasteiger partial charge in [-0.2, -0.15) is 4.98 Å². The molecule has 0 bridgehead atoms. The van der Waals surface area contributed by atoms with Crippen molar-refractivity contribution >= 4 is 29.3 Å². The molecule has 0 aliphatic heterocycles. The number of para-hydroxylation sites is 2. The Bertz CT molecular complexity index is 1070. The fraction of sp³-hybridized carbons (Fsp3) is 0.292. The average molecular weight is 436 g/mol. The number of imidazole rings is 1. The lowest BCUT2D eigenvalue weighted by Crippen LogP contribution is -2.28. The van der Waals surface area contributed by atoms with Crippen molar-refractivity contribution in [3.8, 4) is 5.69 Å². The van der Waals surface area contributed by atoms with E-state index in [-0.39, 0.29) is 24.0 Å². The molecule has 0 aliphatic rings. The lowest BCUT2D eigenvalue weighted by atomic mass is 10.2. The van der Waals surface area contributed by atoms with E-state index in [0.29, 0.717) is 5.95 Å². The molecule has 1 heterocycles. The zero-order valence-electron chi connectivity index (χ0n) is 19.0. The molecular formula is C24H29N5O3. The molecule has 2 N–H and O–H groups in total. The Morgan fingerprint density at radius 3 is 2.16 bits per heavy atom. The fourth-order valence-corrected chi connectivity index (χ4v) is 3.05. The van der Waals surface area contributed by atoms with Crippen LogP contribution in [0, 0.1) is 0 Å². The summed E-state index contributed by atoms with van der Waals surface area (Å²) in [5.41, 5.74) is 0.992. The minimum Gasteiger partial charge on any atom is -0.455 e. The molecule has 0 radical (unpaired) electrons. The first-order valence-electron chi connectivity index (χ1n) is 10.3. The maximum atomic E-state index is 13.2. The zero-order chi connectivity index (χ0) is 23.3. The summed E-state index contributed by atoms with van der Waals surface area (Å²) in [5.74, 6) is -0.273. The normalized spacial score (nSPS) is 11.0. The van der Waals surface area contributed by atoms with E-state index in [9.17, 15) is 9.59 Å². The van der Waals surface area contributed by atoms with Crippen LogP contribution in [0.2, 0.25) is 0 Å². The third-order valence-corrected chi connectivity index (χ3v) is 4.35. The summed E-state index contributed by atoms with van der Waals surface area (Å²) in [7, 11) is 3.65. The Morgan fingerprint density at radius 2 is 1.59 bits per heavy atom. The van der Waals surface area contributed by atoms with Crippen LogP contribution in [0.4, 0.5) is 17.5 Å². The lowest BCUT2D eigenvalue weighted by molar-refractivity contribution is -0.114. The molecule has 0 saturated heterocycles. The molecule has 0 aliphatic carbocycles. The van der Waals surface area contributed by atoms with E-state index in [1.54, 1.807) is 30.2 Å². The van der Waals surface area contributed by atoms with Crippen molar-refractivity contribution in [1.29, 1.82) is 0 Å². The maximum Gasteiger partial charge on any atom is 0.359 e. The Labute approximate surface area is 188 Å². The molecule has 3 rings (SSSR count). The van der Waals surface area contributed by atoms with Gasteiger partial charge in [-0.05, 0) is 45.0 Å². The van der Waals surface area contributed by atoms with Gasteiger partial charge < -0.3 is 20.3 Å². The first kappa shape index (κ1) is 22.9. The van der Waals surface area contributed by atoms with E-state index in [1.807, 2.05) is 74.8 Å². The first-order valence-corrected chi connectivity index (χ1v) is 10.3. The van der Waals surface area contributed by atoms with Gasteiger partial charge in [0.15, 0.2) is 11.5 Å². The molecule has 1 amide bonds. The highest BCUT2D eigenvalue weighted by molar-refractivity contribution is 6.01. The number of ether oxygens (including phenoxy) is 1. The van der Waals surface area contributed by atoms with Crippen molar-refractivity contribution in [3.05, 3.63) is 66.4 Å². The van der Waals surface area contributed by atoms with E-state index in [1.165, 1.54) is 0 Å². The number of esters is 1. The highest BCUT2D eigenvalue weighted by Gasteiger charge is 2.30. The molecule has 0 unspecified atom stereocenters. The molecule has 0 atom stereocenters. The number of hydrogen-bond donors (Lipinski definition) is 2. The van der Waals surface area contributed by atoms with Crippen LogP contribution in [0.1, 0.15) is 31.3 Å². The van der Waals surface area contributed by atoms with Gasteiger partial charge >= 0.3 is 5.97 Å². The second kappa shape index (κ2) is 9.55. The number of carbonyl (C=O) groups excluding carboxylic acids is 2. The van der Waals surface area contributed by atoms with Crippen LogP contribution in [0.5, 0.6) is 0 Å². The van der Waals surface area contributed by atoms with Crippen molar-refractivity contribution in [2.24, 2.45) is 0 Å². The predicted octanol–water partition coefficient (Wildman–Crippen LogP) is 3.94. The van der Waals surface area contributed by atoms with Gasteiger partial charge in [-0.1, -0.05) is 36.4 Å². The van der Waals surface area contributed by atoms with Gasteiger partial charge in [-0.25, -0.2) is 4.79 Å². The molecule has 3 aromatic rings. The Kier molecular flexibility index (Phi) is 6.82. The fourth-order valence-electron chi connectivity index (χ4n) is 3.05. The number of hydrogen-bond acceptors (Lipinski definition) is 6. The van der Waals surface area contributed by atoms with Crippen molar-refractivity contribution in [3.63, 3.8) is 0 Å². The van der Waals surface area contributed by atoms with Gasteiger partial charge in [0.25, 0.3) is 0 Å². The molecule has 1 aromatic heterocycles. The third-order valence-electron chi connectivity index (χ3n) is 4.35. The van der Waals surface area contributed by atoms with Crippen LogP contribution in [-0.4, -0.2) is 47.7 Å². The second-order valence-corrected chi connectivity index (χ2v) is 8.44. The van der Waals surface area contributed by atoms with Gasteiger partial charge in [-0.3, -0.25) is 9.36 Å². The summed E-state index contributed by atoms with van der Waals surface area (Å²) in [6.07, 6.45) is 0. The van der Waals surface area contributed by atoms with Crippen LogP contribution >= 0.6 is 0 Å². The summed E-state index contributed by atoms with van der Waals surface area (Å²) >= 11 is 0. The van der Waals surface area contributed by atoms with Gasteiger partial charge in [0.1, 0.15) is 5.60 Å². The number of nitrogens with one attached hydrogen (secondary N) is 2. The van der Waals surface area contributed by atoms with Crippen LogP contribution < -0.4 is 15.5 Å². The van der Waals surface area contributed by atoms with E-state index >= 15 is 0 Å². The van der Waals surface area contributed by atoms with E-state index in [4.69, 9.17) is 4.74 Å². The molecule has 8 nitrogen and oxygen atoms in total. The molecular weight excluding hydrogens is 406 g/mol. The molecule has 168 valence electrons. The molecule has 2 aromatic carbocycles. The quantitative estimate of drug-likeness (QED) is 0.547. The zero-order valence-corrected chi connectivity index (χ0v) is 19.0. The number of benzene rings is 2. The maximum absolute atomic E-state index is 13.2. The molecule has 8 heteroatoms. The standard InChI is InChI=1S/C24H29N5O3/c1-24(2,3)32-22(31)20-21(26-19(30)16-25-17-12-8-6-9-13-17)27-23(28(4)5)29(20)18-14-10-7-11-15-18/h6-15,25H,16H2,1-5H3,(H,26,30). The van der Waals surface area contributed by atoms with Crippen LogP contribution in [-0.2, 0) is 9.53 Å². The second-order valence-electron chi connectivity index (χ2n) is 8.44.